The number of hydrogen-bond donors (Lipinski definition) is 0. The molecule has 0 bridgehead atoms. The van der Waals surface area contributed by atoms with Gasteiger partial charge in [0.05, 0.1) is 23.3 Å². The van der Waals surface area contributed by atoms with Crippen molar-refractivity contribution in [3.63, 3.8) is 0 Å². The Kier molecular flexibility index (Phi) is 7.60. The number of rotatable bonds is 8. The third-order valence-electron chi connectivity index (χ3n) is 3.56. The van der Waals surface area contributed by atoms with Gasteiger partial charge in [-0.15, -0.1) is 0 Å². The molecule has 0 amide bonds. The maximum Gasteiger partial charge on any atom is 0.543 e. The summed E-state index contributed by atoms with van der Waals surface area (Å²) in [5.41, 5.74) is 2.04. The maximum atomic E-state index is 12.0. The van der Waals surface area contributed by atoms with Gasteiger partial charge in [0.15, 0.2) is 0 Å². The van der Waals surface area contributed by atoms with Crippen molar-refractivity contribution in [3.8, 4) is 11.1 Å². The Morgan fingerprint density at radius 1 is 0.962 bits per heavy atom. The molecule has 1 unspecified atom stereocenters. The molecule has 0 heterocycles. The van der Waals surface area contributed by atoms with Crippen molar-refractivity contribution < 1.29 is 33.9 Å². The van der Waals surface area contributed by atoms with Gasteiger partial charge in [0, 0.05) is 13.5 Å². The molecule has 7 nitrogen and oxygen atoms in total. The molecule has 0 N–H and O–H groups in total. The standard InChI is InChI=1S/C19H20O7/c1-14(22-2)11-12-23-19(21)25-26-24-18(20)17-10-6-9-16(13-17)15-7-4-3-5-8-15/h3-10,13-14H,11-12H2,1-2H3. The largest absolute Gasteiger partial charge is 0.543 e. The van der Waals surface area contributed by atoms with Gasteiger partial charge >= 0.3 is 12.1 Å². The Bertz CT molecular complexity index is 715. The first-order valence-electron chi connectivity index (χ1n) is 8.00. The topological polar surface area (TPSA) is 80.3 Å². The van der Waals surface area contributed by atoms with E-state index < -0.39 is 12.1 Å². The molecule has 0 spiro atoms. The van der Waals surface area contributed by atoms with Crippen LogP contribution in [0.3, 0.4) is 0 Å². The monoisotopic (exact) mass is 360 g/mol. The van der Waals surface area contributed by atoms with E-state index in [-0.39, 0.29) is 18.3 Å². The van der Waals surface area contributed by atoms with E-state index in [4.69, 9.17) is 9.47 Å². The third kappa shape index (κ3) is 6.19. The zero-order valence-electron chi connectivity index (χ0n) is 14.5. The molecule has 26 heavy (non-hydrogen) atoms. The van der Waals surface area contributed by atoms with Crippen LogP contribution in [0, 0.1) is 0 Å². The van der Waals surface area contributed by atoms with E-state index in [0.717, 1.165) is 11.1 Å². The fourth-order valence-electron chi connectivity index (χ4n) is 2.03. The summed E-state index contributed by atoms with van der Waals surface area (Å²) < 4.78 is 9.72. The van der Waals surface area contributed by atoms with E-state index in [9.17, 15) is 9.59 Å². The molecule has 2 aromatic carbocycles. The highest BCUT2D eigenvalue weighted by Gasteiger charge is 2.13. The minimum Gasteiger partial charge on any atom is -0.432 e. The van der Waals surface area contributed by atoms with Gasteiger partial charge in [-0.3, -0.25) is 4.89 Å². The molecule has 7 heteroatoms. The highest BCUT2D eigenvalue weighted by Crippen LogP contribution is 2.20. The lowest BCUT2D eigenvalue weighted by molar-refractivity contribution is -0.452. The molecule has 2 aromatic rings. The van der Waals surface area contributed by atoms with Gasteiger partial charge in [0.1, 0.15) is 0 Å². The van der Waals surface area contributed by atoms with Crippen LogP contribution in [-0.2, 0) is 24.3 Å². The van der Waals surface area contributed by atoms with Gasteiger partial charge < -0.3 is 9.47 Å². The van der Waals surface area contributed by atoms with E-state index in [2.05, 4.69) is 14.8 Å². The second kappa shape index (κ2) is 10.2. The van der Waals surface area contributed by atoms with Crippen molar-refractivity contribution in [2.24, 2.45) is 0 Å². The summed E-state index contributed by atoms with van der Waals surface area (Å²) in [5.74, 6) is -0.802. The van der Waals surface area contributed by atoms with Crippen molar-refractivity contribution in [1.29, 1.82) is 0 Å². The van der Waals surface area contributed by atoms with Crippen LogP contribution >= 0.6 is 0 Å². The zero-order chi connectivity index (χ0) is 18.8. The summed E-state index contributed by atoms with van der Waals surface area (Å²) in [7, 11) is 1.55. The van der Waals surface area contributed by atoms with Crippen molar-refractivity contribution in [2.45, 2.75) is 19.4 Å². The average Bonchev–Trinajstić information content (AvgIpc) is 2.68. The predicted octanol–water partition coefficient (Wildman–Crippen LogP) is 3.94. The van der Waals surface area contributed by atoms with Crippen LogP contribution in [0.5, 0.6) is 0 Å². The third-order valence-corrected chi connectivity index (χ3v) is 3.56. The summed E-state index contributed by atoms with van der Waals surface area (Å²) >= 11 is 0. The Morgan fingerprint density at radius 2 is 1.69 bits per heavy atom. The second-order valence-corrected chi connectivity index (χ2v) is 5.40. The van der Waals surface area contributed by atoms with Crippen molar-refractivity contribution in [3.05, 3.63) is 60.2 Å². The Hall–Kier alpha value is -2.90. The molecule has 2 rings (SSSR count). The molecule has 0 aliphatic rings. The van der Waals surface area contributed by atoms with Crippen LogP contribution in [0.1, 0.15) is 23.7 Å². The summed E-state index contributed by atoms with van der Waals surface area (Å²) in [6.45, 7) is 1.92. The first-order chi connectivity index (χ1) is 12.6. The smallest absolute Gasteiger partial charge is 0.432 e. The molecule has 0 aliphatic carbocycles. The summed E-state index contributed by atoms with van der Waals surface area (Å²) in [4.78, 5) is 31.9. The molecular formula is C19H20O7. The van der Waals surface area contributed by atoms with E-state index >= 15 is 0 Å². The van der Waals surface area contributed by atoms with Crippen LogP contribution in [0.25, 0.3) is 11.1 Å². The lowest BCUT2D eigenvalue weighted by Gasteiger charge is -2.08. The zero-order valence-corrected chi connectivity index (χ0v) is 14.5. The highest BCUT2D eigenvalue weighted by atomic mass is 17.5. The number of carbonyl (C=O) groups is 2. The van der Waals surface area contributed by atoms with Crippen molar-refractivity contribution >= 4 is 12.1 Å². The second-order valence-electron chi connectivity index (χ2n) is 5.40. The molecule has 0 saturated heterocycles. The minimum absolute atomic E-state index is 0.0570. The number of carbonyl (C=O) groups excluding carboxylic acids is 2. The summed E-state index contributed by atoms with van der Waals surface area (Å²) in [6, 6.07) is 16.3. The molecular weight excluding hydrogens is 340 g/mol. The van der Waals surface area contributed by atoms with Crippen molar-refractivity contribution in [2.75, 3.05) is 13.7 Å². The maximum absolute atomic E-state index is 12.0. The van der Waals surface area contributed by atoms with Gasteiger partial charge in [-0.25, -0.2) is 14.5 Å². The Morgan fingerprint density at radius 3 is 2.42 bits per heavy atom. The Labute approximate surface area is 151 Å². The molecule has 0 saturated carbocycles. The van der Waals surface area contributed by atoms with E-state index in [1.54, 1.807) is 25.3 Å². The van der Waals surface area contributed by atoms with Crippen molar-refractivity contribution in [1.82, 2.24) is 0 Å². The lowest BCUT2D eigenvalue weighted by Crippen LogP contribution is -2.15. The van der Waals surface area contributed by atoms with Crippen LogP contribution in [-0.4, -0.2) is 31.9 Å². The Balaban J connectivity index is 1.79. The predicted molar refractivity (Wildman–Crippen MR) is 91.9 cm³/mol. The lowest BCUT2D eigenvalue weighted by atomic mass is 10.0. The molecule has 138 valence electrons. The first-order valence-corrected chi connectivity index (χ1v) is 8.00. The molecule has 1 atom stereocenters. The highest BCUT2D eigenvalue weighted by molar-refractivity contribution is 5.90. The van der Waals surface area contributed by atoms with E-state index in [1.165, 1.54) is 0 Å². The van der Waals surface area contributed by atoms with Gasteiger partial charge in [0.2, 0.25) is 0 Å². The number of hydrogen-bond acceptors (Lipinski definition) is 7. The van der Waals surface area contributed by atoms with Crippen LogP contribution in [0.15, 0.2) is 54.6 Å². The molecule has 0 fully saturated rings. The fourth-order valence-corrected chi connectivity index (χ4v) is 2.03. The van der Waals surface area contributed by atoms with Crippen LogP contribution < -0.4 is 0 Å². The normalized spacial score (nSPS) is 11.5. The first kappa shape index (κ1) is 19.4. The van der Waals surface area contributed by atoms with Crippen LogP contribution in [0.4, 0.5) is 4.79 Å². The fraction of sp³-hybridized carbons (Fsp3) is 0.263. The SMILES string of the molecule is COC(C)CCOC(=O)OOOC(=O)c1cccc(-c2ccccc2)c1. The molecule has 0 aromatic heterocycles. The van der Waals surface area contributed by atoms with E-state index in [1.807, 2.05) is 43.3 Å². The van der Waals surface area contributed by atoms with Crippen LogP contribution in [0.2, 0.25) is 0 Å². The molecule has 0 radical (unpaired) electrons. The average molecular weight is 360 g/mol. The quantitative estimate of drug-likeness (QED) is 0.401. The van der Waals surface area contributed by atoms with Gasteiger partial charge in [-0.2, -0.15) is 0 Å². The number of methoxy groups -OCH3 is 1. The number of benzene rings is 2. The van der Waals surface area contributed by atoms with Gasteiger partial charge in [0.25, 0.3) is 0 Å². The van der Waals surface area contributed by atoms with Gasteiger partial charge in [-0.05, 0) is 30.2 Å². The summed E-state index contributed by atoms with van der Waals surface area (Å²) in [6.07, 6.45) is -0.671. The van der Waals surface area contributed by atoms with Gasteiger partial charge in [-0.1, -0.05) is 42.5 Å². The minimum atomic E-state index is -1.11. The number of ether oxygens (including phenoxy) is 2. The molecule has 0 aliphatic heterocycles. The summed E-state index contributed by atoms with van der Waals surface area (Å²) in [5, 5.41) is 4.19. The van der Waals surface area contributed by atoms with E-state index in [0.29, 0.717) is 6.42 Å².